The predicted molar refractivity (Wildman–Crippen MR) is 133 cm³/mol. The number of aromatic amines is 2. The predicted octanol–water partition coefficient (Wildman–Crippen LogP) is 3.90. The number of pyridine rings is 1. The van der Waals surface area contributed by atoms with E-state index in [2.05, 4.69) is 25.2 Å². The fraction of sp³-hybridized carbons (Fsp3) is 0.269. The van der Waals surface area contributed by atoms with Crippen molar-refractivity contribution in [2.24, 2.45) is 5.92 Å². The number of imidazole rings is 2. The lowest BCUT2D eigenvalue weighted by Crippen LogP contribution is -2.53. The van der Waals surface area contributed by atoms with Gasteiger partial charge in [0.25, 0.3) is 5.56 Å². The van der Waals surface area contributed by atoms with E-state index in [-0.39, 0.29) is 11.6 Å². The van der Waals surface area contributed by atoms with Crippen LogP contribution in [0.5, 0.6) is 0 Å². The number of halogens is 1. The molecule has 0 spiro atoms. The summed E-state index contributed by atoms with van der Waals surface area (Å²) in [6, 6.07) is 11.0. The highest BCUT2D eigenvalue weighted by atomic mass is 19.1. The molecule has 0 radical (unpaired) electrons. The number of anilines is 1. The minimum Gasteiger partial charge on any atom is -0.379 e. The summed E-state index contributed by atoms with van der Waals surface area (Å²) in [6.45, 7) is 3.13. The van der Waals surface area contributed by atoms with Crippen LogP contribution in [0, 0.1) is 11.7 Å². The van der Waals surface area contributed by atoms with Gasteiger partial charge in [0.2, 0.25) is 0 Å². The van der Waals surface area contributed by atoms with Gasteiger partial charge in [-0.05, 0) is 56.1 Å². The van der Waals surface area contributed by atoms with Crippen molar-refractivity contribution in [3.8, 4) is 17.1 Å². The highest BCUT2D eigenvalue weighted by Crippen LogP contribution is 2.36. The maximum Gasteiger partial charge on any atom is 0.261 e. The number of rotatable bonds is 4. The number of nitrogens with zero attached hydrogens (tertiary/aromatic N) is 4. The molecule has 3 N–H and O–H groups in total. The van der Waals surface area contributed by atoms with Crippen molar-refractivity contribution in [1.29, 1.82) is 0 Å². The Morgan fingerprint density at radius 2 is 1.94 bits per heavy atom. The average molecular weight is 470 g/mol. The molecule has 2 aromatic carbocycles. The van der Waals surface area contributed by atoms with Crippen molar-refractivity contribution in [2.45, 2.75) is 18.9 Å². The summed E-state index contributed by atoms with van der Waals surface area (Å²) in [4.78, 5) is 31.0. The van der Waals surface area contributed by atoms with Crippen LogP contribution in [0.15, 0.2) is 59.9 Å². The minimum atomic E-state index is -0.393. The van der Waals surface area contributed by atoms with E-state index in [1.54, 1.807) is 23.0 Å². The molecule has 6 heterocycles. The molecule has 3 aliphatic rings. The van der Waals surface area contributed by atoms with Gasteiger partial charge in [-0.3, -0.25) is 4.79 Å². The second kappa shape index (κ2) is 7.78. The third-order valence-electron chi connectivity index (χ3n) is 7.48. The monoisotopic (exact) mass is 469 g/mol. The van der Waals surface area contributed by atoms with E-state index < -0.39 is 5.82 Å². The van der Waals surface area contributed by atoms with Crippen LogP contribution in [0.4, 0.5) is 10.1 Å². The summed E-state index contributed by atoms with van der Waals surface area (Å²) < 4.78 is 17.0. The maximum absolute atomic E-state index is 15.4. The molecule has 0 amide bonds. The molecule has 176 valence electrons. The molecule has 2 bridgehead atoms. The summed E-state index contributed by atoms with van der Waals surface area (Å²) in [6.07, 6.45) is 7.06. The van der Waals surface area contributed by atoms with Gasteiger partial charge in [0.1, 0.15) is 17.2 Å². The fourth-order valence-corrected chi connectivity index (χ4v) is 5.67. The van der Waals surface area contributed by atoms with Crippen LogP contribution in [0.3, 0.4) is 0 Å². The third kappa shape index (κ3) is 3.34. The lowest BCUT2D eigenvalue weighted by molar-refractivity contribution is 0.0976. The normalized spacial score (nSPS) is 21.7. The van der Waals surface area contributed by atoms with Gasteiger partial charge >= 0.3 is 0 Å². The number of piperidine rings is 3. The van der Waals surface area contributed by atoms with Crippen LogP contribution in [-0.4, -0.2) is 55.1 Å². The van der Waals surface area contributed by atoms with Gasteiger partial charge in [-0.2, -0.15) is 0 Å². The zero-order valence-corrected chi connectivity index (χ0v) is 19.0. The van der Waals surface area contributed by atoms with Gasteiger partial charge in [-0.1, -0.05) is 12.1 Å². The smallest absolute Gasteiger partial charge is 0.261 e. The van der Waals surface area contributed by atoms with Crippen molar-refractivity contribution in [1.82, 2.24) is 29.4 Å². The Morgan fingerprint density at radius 1 is 1.09 bits per heavy atom. The first-order chi connectivity index (χ1) is 17.1. The van der Waals surface area contributed by atoms with Gasteiger partial charge < -0.3 is 24.8 Å². The Bertz CT molecular complexity index is 1580. The zero-order chi connectivity index (χ0) is 23.5. The van der Waals surface area contributed by atoms with E-state index in [1.165, 1.54) is 12.4 Å². The van der Waals surface area contributed by atoms with Crippen LogP contribution in [0.1, 0.15) is 12.8 Å². The molecule has 3 fully saturated rings. The van der Waals surface area contributed by atoms with Crippen molar-refractivity contribution in [3.63, 3.8) is 0 Å². The largest absolute Gasteiger partial charge is 0.379 e. The number of fused-ring (bicyclic) bond motifs is 5. The number of para-hydroxylation sites is 2. The molecule has 8 rings (SSSR count). The molecule has 5 aromatic rings. The fourth-order valence-electron chi connectivity index (χ4n) is 5.67. The van der Waals surface area contributed by atoms with Crippen molar-refractivity contribution >= 4 is 27.6 Å². The van der Waals surface area contributed by atoms with Gasteiger partial charge in [0.05, 0.1) is 34.3 Å². The number of aromatic nitrogens is 5. The first-order valence-corrected chi connectivity index (χ1v) is 12.0. The molecular weight excluding hydrogens is 445 g/mol. The summed E-state index contributed by atoms with van der Waals surface area (Å²) >= 11 is 0. The molecule has 9 heteroatoms. The number of nitrogens with one attached hydrogen (secondary N) is 3. The topological polar surface area (TPSA) is 94.6 Å². The Kier molecular flexibility index (Phi) is 4.53. The van der Waals surface area contributed by atoms with Crippen LogP contribution in [-0.2, 0) is 0 Å². The van der Waals surface area contributed by atoms with E-state index >= 15 is 4.39 Å². The van der Waals surface area contributed by atoms with E-state index in [0.29, 0.717) is 39.6 Å². The molecule has 0 aliphatic carbocycles. The van der Waals surface area contributed by atoms with Crippen molar-refractivity contribution < 1.29 is 4.39 Å². The van der Waals surface area contributed by atoms with Gasteiger partial charge in [0.15, 0.2) is 0 Å². The number of H-pyrrole nitrogens is 2. The summed E-state index contributed by atoms with van der Waals surface area (Å²) in [5.74, 6) is 0.597. The minimum absolute atomic E-state index is 0.182. The van der Waals surface area contributed by atoms with E-state index in [0.717, 1.165) is 43.5 Å². The van der Waals surface area contributed by atoms with Crippen LogP contribution in [0.2, 0.25) is 0 Å². The van der Waals surface area contributed by atoms with Gasteiger partial charge in [-0.25, -0.2) is 14.4 Å². The molecule has 8 nitrogen and oxygen atoms in total. The summed E-state index contributed by atoms with van der Waals surface area (Å²) in [5, 5.41) is 4.30. The SMILES string of the molecule is O=c1[nH]c2cc(-n3ccnc3)c(F)cc2c(N[C@@H]2CN3CCC2CC3)c1-c1nc2ccccc2[nH]1. The molecule has 3 aromatic heterocycles. The van der Waals surface area contributed by atoms with Crippen LogP contribution < -0.4 is 10.9 Å². The summed E-state index contributed by atoms with van der Waals surface area (Å²) in [7, 11) is 0. The average Bonchev–Trinajstić information content (AvgIpc) is 3.55. The third-order valence-corrected chi connectivity index (χ3v) is 7.48. The lowest BCUT2D eigenvalue weighted by atomic mass is 9.83. The first kappa shape index (κ1) is 20.4. The second-order valence-electron chi connectivity index (χ2n) is 9.51. The van der Waals surface area contributed by atoms with Crippen molar-refractivity contribution in [2.75, 3.05) is 25.0 Å². The standard InChI is InChI=1S/C26H24FN7O/c27-17-11-16-20(12-22(17)34-10-7-28-14-34)32-26(35)23(25-30-18-3-1-2-4-19(18)31-25)24(16)29-21-13-33-8-5-15(21)6-9-33/h1-4,7,10-12,14-15,21H,5-6,8-9,13H2,(H,30,31)(H2,29,32,35)/t21-/m1/s1. The zero-order valence-electron chi connectivity index (χ0n) is 19.0. The first-order valence-electron chi connectivity index (χ1n) is 12.0. The Balaban J connectivity index is 1.45. The number of benzene rings is 2. The Labute approximate surface area is 199 Å². The van der Waals surface area contributed by atoms with Crippen LogP contribution >= 0.6 is 0 Å². The Hall–Kier alpha value is -3.98. The summed E-state index contributed by atoms with van der Waals surface area (Å²) in [5.41, 5.74) is 3.26. The van der Waals surface area contributed by atoms with Gasteiger partial charge in [-0.15, -0.1) is 0 Å². The number of hydrogen-bond acceptors (Lipinski definition) is 5. The second-order valence-corrected chi connectivity index (χ2v) is 9.51. The van der Waals surface area contributed by atoms with Crippen LogP contribution in [0.25, 0.3) is 39.0 Å². The quantitative estimate of drug-likeness (QED) is 0.371. The highest BCUT2D eigenvalue weighted by Gasteiger charge is 2.35. The molecule has 1 atom stereocenters. The molecule has 3 aliphatic heterocycles. The van der Waals surface area contributed by atoms with Crippen molar-refractivity contribution in [3.05, 3.63) is 71.3 Å². The van der Waals surface area contributed by atoms with E-state index in [1.807, 2.05) is 24.3 Å². The molecule has 0 saturated carbocycles. The van der Waals surface area contributed by atoms with Gasteiger partial charge in [0, 0.05) is 30.4 Å². The molecule has 35 heavy (non-hydrogen) atoms. The molecular formula is C26H24FN7O. The Morgan fingerprint density at radius 3 is 2.69 bits per heavy atom. The van der Waals surface area contributed by atoms with E-state index in [4.69, 9.17) is 4.98 Å². The van der Waals surface area contributed by atoms with E-state index in [9.17, 15) is 4.79 Å². The molecule has 0 unspecified atom stereocenters. The highest BCUT2D eigenvalue weighted by molar-refractivity contribution is 6.00. The molecule has 3 saturated heterocycles. The maximum atomic E-state index is 15.4. The lowest BCUT2D eigenvalue weighted by Gasteiger charge is -2.45. The number of hydrogen-bond donors (Lipinski definition) is 3.